The summed E-state index contributed by atoms with van der Waals surface area (Å²) in [5, 5.41) is 2.88. The average Bonchev–Trinajstić information content (AvgIpc) is 2.80. The highest BCUT2D eigenvalue weighted by molar-refractivity contribution is 5.96. The maximum absolute atomic E-state index is 13.1. The van der Waals surface area contributed by atoms with Crippen LogP contribution in [0.3, 0.4) is 0 Å². The van der Waals surface area contributed by atoms with Crippen molar-refractivity contribution in [3.63, 3.8) is 0 Å². The second-order valence-corrected chi connectivity index (χ2v) is 7.26. The molecule has 0 aliphatic rings. The van der Waals surface area contributed by atoms with E-state index in [4.69, 9.17) is 14.2 Å². The molecule has 0 aliphatic heterocycles. The Balaban J connectivity index is 1.73. The third-order valence-corrected chi connectivity index (χ3v) is 4.74. The first-order valence-corrected chi connectivity index (χ1v) is 10.4. The van der Waals surface area contributed by atoms with Crippen molar-refractivity contribution in [3.8, 4) is 11.5 Å². The summed E-state index contributed by atoms with van der Waals surface area (Å²) in [4.78, 5) is 25.7. The van der Waals surface area contributed by atoms with Gasteiger partial charge in [-0.15, -0.1) is 0 Å². The molecule has 1 atom stereocenters. The summed E-state index contributed by atoms with van der Waals surface area (Å²) < 4.78 is 16.6. The van der Waals surface area contributed by atoms with Crippen LogP contribution in [-0.2, 0) is 14.3 Å². The number of carbonyl (C=O) groups excluding carboxylic acids is 2. The van der Waals surface area contributed by atoms with Gasteiger partial charge in [0.15, 0.2) is 18.1 Å². The zero-order valence-electron chi connectivity index (χ0n) is 18.5. The molecular weight excluding hydrogens is 406 g/mol. The minimum absolute atomic E-state index is 0.357. The molecule has 0 radical (unpaired) electrons. The number of carbonyl (C=O) groups is 2. The number of esters is 1. The summed E-state index contributed by atoms with van der Waals surface area (Å²) in [6, 6.07) is 21.7. The summed E-state index contributed by atoms with van der Waals surface area (Å²) in [5.74, 6) is -0.133. The largest absolute Gasteiger partial charge is 0.490 e. The number of ether oxygens (including phenoxy) is 3. The van der Waals surface area contributed by atoms with Crippen molar-refractivity contribution >= 4 is 17.6 Å². The maximum Gasteiger partial charge on any atom is 0.345 e. The van der Waals surface area contributed by atoms with Crippen LogP contribution in [0, 0.1) is 13.8 Å². The second kappa shape index (κ2) is 11.0. The first kappa shape index (κ1) is 22.9. The van der Waals surface area contributed by atoms with E-state index in [1.54, 1.807) is 42.5 Å². The molecule has 0 aromatic heterocycles. The topological polar surface area (TPSA) is 73.9 Å². The highest BCUT2D eigenvalue weighted by Gasteiger charge is 2.26. The Morgan fingerprint density at radius 2 is 1.53 bits per heavy atom. The summed E-state index contributed by atoms with van der Waals surface area (Å²) in [6.45, 7) is 5.83. The molecule has 0 heterocycles. The van der Waals surface area contributed by atoms with Crippen LogP contribution >= 0.6 is 0 Å². The second-order valence-electron chi connectivity index (χ2n) is 7.26. The molecule has 1 N–H and O–H groups in total. The molecule has 0 aliphatic carbocycles. The van der Waals surface area contributed by atoms with E-state index >= 15 is 0 Å². The Bertz CT molecular complexity index is 1060. The fraction of sp³-hybridized carbons (Fsp3) is 0.231. The molecule has 0 saturated heterocycles. The predicted molar refractivity (Wildman–Crippen MR) is 123 cm³/mol. The minimum Gasteiger partial charge on any atom is -0.490 e. The molecule has 32 heavy (non-hydrogen) atoms. The van der Waals surface area contributed by atoms with Gasteiger partial charge in [-0.25, -0.2) is 4.79 Å². The summed E-state index contributed by atoms with van der Waals surface area (Å²) in [6.07, 6.45) is -1.12. The molecule has 0 fully saturated rings. The van der Waals surface area contributed by atoms with Gasteiger partial charge in [0.05, 0.1) is 6.61 Å². The number of nitrogens with one attached hydrogen (secondary N) is 1. The van der Waals surface area contributed by atoms with E-state index in [-0.39, 0.29) is 6.61 Å². The van der Waals surface area contributed by atoms with Crippen molar-refractivity contribution in [2.75, 3.05) is 18.5 Å². The van der Waals surface area contributed by atoms with Gasteiger partial charge >= 0.3 is 5.97 Å². The Kier molecular flexibility index (Phi) is 7.86. The van der Waals surface area contributed by atoms with E-state index < -0.39 is 18.0 Å². The normalized spacial score (nSPS) is 11.3. The maximum atomic E-state index is 13.1. The van der Waals surface area contributed by atoms with E-state index in [1.165, 1.54) is 0 Å². The third kappa shape index (κ3) is 6.11. The van der Waals surface area contributed by atoms with Crippen molar-refractivity contribution in [3.05, 3.63) is 89.5 Å². The zero-order chi connectivity index (χ0) is 22.9. The average molecular weight is 434 g/mol. The number of hydrogen-bond acceptors (Lipinski definition) is 5. The minimum atomic E-state index is -1.12. The smallest absolute Gasteiger partial charge is 0.345 e. The van der Waals surface area contributed by atoms with Crippen LogP contribution in [0.25, 0.3) is 0 Å². The van der Waals surface area contributed by atoms with Crippen molar-refractivity contribution < 1.29 is 23.8 Å². The highest BCUT2D eigenvalue weighted by atomic mass is 16.6. The van der Waals surface area contributed by atoms with Gasteiger partial charge in [0.25, 0.3) is 5.91 Å². The standard InChI is InChI=1S/C26H27NO5/c1-4-30-22-12-8-9-13-23(22)31-17-24(28)32-25(20-10-6-5-7-11-20)26(29)27-21-16-18(2)14-15-19(21)3/h5-16,25H,4,17H2,1-3H3,(H,27,29). The predicted octanol–water partition coefficient (Wildman–Crippen LogP) is 5.00. The van der Waals surface area contributed by atoms with Gasteiger partial charge in [-0.05, 0) is 50.1 Å². The summed E-state index contributed by atoms with van der Waals surface area (Å²) in [7, 11) is 0. The first-order valence-electron chi connectivity index (χ1n) is 10.4. The van der Waals surface area contributed by atoms with Gasteiger partial charge in [-0.1, -0.05) is 54.6 Å². The van der Waals surface area contributed by atoms with E-state index in [1.807, 2.05) is 51.1 Å². The fourth-order valence-electron chi connectivity index (χ4n) is 3.12. The number of benzene rings is 3. The number of amides is 1. The van der Waals surface area contributed by atoms with E-state index in [0.717, 1.165) is 11.1 Å². The third-order valence-electron chi connectivity index (χ3n) is 4.74. The molecule has 0 spiro atoms. The van der Waals surface area contributed by atoms with Crippen LogP contribution in [0.4, 0.5) is 5.69 Å². The molecule has 1 unspecified atom stereocenters. The summed E-state index contributed by atoms with van der Waals surface area (Å²) in [5.41, 5.74) is 3.17. The zero-order valence-corrected chi connectivity index (χ0v) is 18.5. The van der Waals surface area contributed by atoms with E-state index in [9.17, 15) is 9.59 Å². The van der Waals surface area contributed by atoms with Gasteiger partial charge < -0.3 is 19.5 Å². The lowest BCUT2D eigenvalue weighted by atomic mass is 10.1. The molecule has 3 aromatic rings. The van der Waals surface area contributed by atoms with E-state index in [2.05, 4.69) is 5.32 Å². The Morgan fingerprint density at radius 1 is 0.875 bits per heavy atom. The quantitative estimate of drug-likeness (QED) is 0.481. The monoisotopic (exact) mass is 433 g/mol. The van der Waals surface area contributed by atoms with Crippen molar-refractivity contribution in [2.24, 2.45) is 0 Å². The van der Waals surface area contributed by atoms with Gasteiger partial charge in [-0.2, -0.15) is 0 Å². The van der Waals surface area contributed by atoms with E-state index in [0.29, 0.717) is 29.4 Å². The molecule has 3 rings (SSSR count). The first-order chi connectivity index (χ1) is 15.5. The Morgan fingerprint density at radius 3 is 2.22 bits per heavy atom. The molecule has 1 amide bonds. The van der Waals surface area contributed by atoms with Gasteiger partial charge in [0, 0.05) is 11.3 Å². The van der Waals surface area contributed by atoms with Crippen LogP contribution in [0.1, 0.15) is 29.7 Å². The van der Waals surface area contributed by atoms with Crippen LogP contribution < -0.4 is 14.8 Å². The van der Waals surface area contributed by atoms with Crippen LogP contribution in [0.5, 0.6) is 11.5 Å². The lowest BCUT2D eigenvalue weighted by Gasteiger charge is -2.19. The number of rotatable bonds is 9. The molecule has 3 aromatic carbocycles. The van der Waals surface area contributed by atoms with Gasteiger partial charge in [-0.3, -0.25) is 4.79 Å². The number of hydrogen-bond donors (Lipinski definition) is 1. The van der Waals surface area contributed by atoms with Crippen molar-refractivity contribution in [1.82, 2.24) is 0 Å². The lowest BCUT2D eigenvalue weighted by Crippen LogP contribution is -2.28. The fourth-order valence-corrected chi connectivity index (χ4v) is 3.12. The molecule has 0 saturated carbocycles. The highest BCUT2D eigenvalue weighted by Crippen LogP contribution is 2.27. The number of anilines is 1. The SMILES string of the molecule is CCOc1ccccc1OCC(=O)OC(C(=O)Nc1cc(C)ccc1C)c1ccccc1. The molecule has 6 nitrogen and oxygen atoms in total. The Hall–Kier alpha value is -3.80. The van der Waals surface area contributed by atoms with Crippen LogP contribution in [0.15, 0.2) is 72.8 Å². The van der Waals surface area contributed by atoms with Gasteiger partial charge in [0.1, 0.15) is 0 Å². The lowest BCUT2D eigenvalue weighted by molar-refractivity contribution is -0.156. The summed E-state index contributed by atoms with van der Waals surface area (Å²) >= 11 is 0. The van der Waals surface area contributed by atoms with Gasteiger partial charge in [0.2, 0.25) is 6.10 Å². The van der Waals surface area contributed by atoms with Crippen molar-refractivity contribution in [2.45, 2.75) is 26.9 Å². The van der Waals surface area contributed by atoms with Crippen LogP contribution in [-0.4, -0.2) is 25.1 Å². The molecule has 0 bridgehead atoms. The van der Waals surface area contributed by atoms with Crippen molar-refractivity contribution in [1.29, 1.82) is 0 Å². The van der Waals surface area contributed by atoms with Crippen LogP contribution in [0.2, 0.25) is 0 Å². The molecular formula is C26H27NO5. The molecule has 6 heteroatoms. The number of aryl methyl sites for hydroxylation is 2. The Labute approximate surface area is 188 Å². The number of para-hydroxylation sites is 2. The molecule has 166 valence electrons.